The average molecular weight is 501 g/mol. The quantitative estimate of drug-likeness (QED) is 0.493. The van der Waals surface area contributed by atoms with Crippen molar-refractivity contribution in [3.05, 3.63) is 65.2 Å². The number of rotatable bonds is 7. The van der Waals surface area contributed by atoms with Gasteiger partial charge in [-0.25, -0.2) is 0 Å². The highest BCUT2D eigenvalue weighted by atomic mass is 16.5. The van der Waals surface area contributed by atoms with Gasteiger partial charge in [0.15, 0.2) is 5.96 Å². The van der Waals surface area contributed by atoms with E-state index >= 15 is 0 Å². The molecule has 2 amide bonds. The summed E-state index contributed by atoms with van der Waals surface area (Å²) in [5.41, 5.74) is 2.17. The van der Waals surface area contributed by atoms with Crippen LogP contribution in [0.25, 0.3) is 0 Å². The number of carbonyl (C=O) groups is 2. The van der Waals surface area contributed by atoms with E-state index in [9.17, 15) is 9.59 Å². The monoisotopic (exact) mass is 500 g/mol. The van der Waals surface area contributed by atoms with Gasteiger partial charge in [-0.3, -0.25) is 19.9 Å². The fourth-order valence-corrected chi connectivity index (χ4v) is 7.05. The van der Waals surface area contributed by atoms with Crippen molar-refractivity contribution in [1.82, 2.24) is 15.5 Å². The van der Waals surface area contributed by atoms with E-state index in [0.29, 0.717) is 18.6 Å². The molecular weight excluding hydrogens is 464 g/mol. The first-order chi connectivity index (χ1) is 17.9. The highest BCUT2D eigenvalue weighted by Crippen LogP contribution is 2.71. The number of fused-ring (bicyclic) bond motifs is 1. The minimum Gasteiger partial charge on any atom is -0.493 e. The Hall–Kier alpha value is -3.35. The number of carbonyl (C=O) groups excluding carboxylic acids is 2. The van der Waals surface area contributed by atoms with Crippen LogP contribution in [0.15, 0.2) is 48.5 Å². The summed E-state index contributed by atoms with van der Waals surface area (Å²) in [7, 11) is 0. The van der Waals surface area contributed by atoms with Crippen LogP contribution in [0, 0.1) is 16.7 Å². The lowest BCUT2D eigenvalue weighted by Crippen LogP contribution is -2.67. The van der Waals surface area contributed by atoms with E-state index < -0.39 is 0 Å². The van der Waals surface area contributed by atoms with E-state index in [0.717, 1.165) is 61.3 Å². The Balaban J connectivity index is 1.28. The first-order valence-electron chi connectivity index (χ1n) is 13.7. The van der Waals surface area contributed by atoms with Gasteiger partial charge in [0.2, 0.25) is 5.91 Å². The highest BCUT2D eigenvalue weighted by Gasteiger charge is 2.63. The van der Waals surface area contributed by atoms with E-state index in [1.165, 1.54) is 0 Å². The molecular formula is C30H36N4O3. The van der Waals surface area contributed by atoms with Gasteiger partial charge in [-0.1, -0.05) is 44.2 Å². The highest BCUT2D eigenvalue weighted by molar-refractivity contribution is 6.00. The van der Waals surface area contributed by atoms with Crippen LogP contribution >= 0.6 is 0 Å². The molecule has 3 N–H and O–H groups in total. The van der Waals surface area contributed by atoms with E-state index in [-0.39, 0.29) is 40.8 Å². The molecule has 1 saturated heterocycles. The number of hydrogen-bond acceptors (Lipinski definition) is 4. The normalized spacial score (nSPS) is 28.1. The van der Waals surface area contributed by atoms with Crippen molar-refractivity contribution in [2.45, 2.75) is 76.4 Å². The second kappa shape index (κ2) is 8.89. The fraction of sp³-hybridized carbons (Fsp3) is 0.500. The maximum atomic E-state index is 13.6. The second-order valence-corrected chi connectivity index (χ2v) is 11.5. The Bertz CT molecular complexity index is 1220. The van der Waals surface area contributed by atoms with Crippen molar-refractivity contribution in [3.8, 4) is 5.75 Å². The third-order valence-electron chi connectivity index (χ3n) is 9.39. The van der Waals surface area contributed by atoms with Crippen molar-refractivity contribution >= 4 is 17.8 Å². The summed E-state index contributed by atoms with van der Waals surface area (Å²) in [4.78, 5) is 28.7. The predicted octanol–water partition coefficient (Wildman–Crippen LogP) is 5.10. The van der Waals surface area contributed by atoms with Gasteiger partial charge < -0.3 is 15.4 Å². The standard InChI is InChI=1S/C30H36N4O3/c1-3-30(4-2)18-25(35)34(28(31)33-30)26(29-15-19(16-29)17-29)20-8-7-9-21(14-20)27(36)32-23-12-13-37-24-11-6-5-10-22(23)24/h5-11,14,19,23,26H,3-4,12-13,15-18H2,1-2H3,(H2,31,33)(H,32,36)/t19?,23-,26-,29?/m0/s1. The summed E-state index contributed by atoms with van der Waals surface area (Å²) >= 11 is 0. The topological polar surface area (TPSA) is 94.5 Å². The summed E-state index contributed by atoms with van der Waals surface area (Å²) in [5.74, 6) is 1.63. The smallest absolute Gasteiger partial charge is 0.251 e. The minimum atomic E-state index is -0.351. The van der Waals surface area contributed by atoms with Gasteiger partial charge in [-0.05, 0) is 67.2 Å². The Morgan fingerprint density at radius 1 is 1.16 bits per heavy atom. The van der Waals surface area contributed by atoms with Gasteiger partial charge in [0, 0.05) is 23.1 Å². The number of para-hydroxylation sites is 1. The fourth-order valence-electron chi connectivity index (χ4n) is 7.05. The molecule has 194 valence electrons. The van der Waals surface area contributed by atoms with Crippen molar-refractivity contribution in [3.63, 3.8) is 0 Å². The number of ether oxygens (including phenoxy) is 1. The van der Waals surface area contributed by atoms with Gasteiger partial charge in [0.25, 0.3) is 5.91 Å². The molecule has 4 fully saturated rings. The van der Waals surface area contributed by atoms with Gasteiger partial charge in [-0.15, -0.1) is 0 Å². The van der Waals surface area contributed by atoms with Crippen LogP contribution in [0.4, 0.5) is 0 Å². The van der Waals surface area contributed by atoms with Crippen molar-refractivity contribution in [2.75, 3.05) is 6.61 Å². The van der Waals surface area contributed by atoms with E-state index in [2.05, 4.69) is 24.5 Å². The molecule has 7 heteroatoms. The number of amides is 2. The number of hydrogen-bond donors (Lipinski definition) is 3. The summed E-state index contributed by atoms with van der Waals surface area (Å²) in [6, 6.07) is 15.2. The Labute approximate surface area is 218 Å². The van der Waals surface area contributed by atoms with Crippen LogP contribution < -0.4 is 15.4 Å². The lowest BCUT2D eigenvalue weighted by atomic mass is 9.41. The maximum absolute atomic E-state index is 13.6. The van der Waals surface area contributed by atoms with E-state index in [4.69, 9.17) is 10.1 Å². The second-order valence-electron chi connectivity index (χ2n) is 11.5. The lowest BCUT2D eigenvalue weighted by molar-refractivity contribution is -0.169. The van der Waals surface area contributed by atoms with Gasteiger partial charge in [-0.2, -0.15) is 0 Å². The number of guanidine groups is 1. The van der Waals surface area contributed by atoms with Crippen LogP contribution in [0.5, 0.6) is 5.75 Å². The van der Waals surface area contributed by atoms with Crippen LogP contribution in [0.1, 0.15) is 92.4 Å². The molecule has 2 atom stereocenters. The predicted molar refractivity (Wildman–Crippen MR) is 141 cm³/mol. The van der Waals surface area contributed by atoms with E-state index in [1.807, 2.05) is 48.5 Å². The van der Waals surface area contributed by atoms with E-state index in [1.54, 1.807) is 4.90 Å². The van der Waals surface area contributed by atoms with Crippen molar-refractivity contribution < 1.29 is 14.3 Å². The van der Waals surface area contributed by atoms with Gasteiger partial charge in [0.1, 0.15) is 5.75 Å². The van der Waals surface area contributed by atoms with Gasteiger partial charge in [0.05, 0.1) is 25.1 Å². The molecule has 0 spiro atoms. The molecule has 7 nitrogen and oxygen atoms in total. The van der Waals surface area contributed by atoms with Crippen LogP contribution in [0.3, 0.4) is 0 Å². The lowest BCUT2D eigenvalue weighted by Gasteiger charge is -2.67. The summed E-state index contributed by atoms with van der Waals surface area (Å²) < 4.78 is 5.76. The Morgan fingerprint density at radius 2 is 1.92 bits per heavy atom. The number of nitrogens with one attached hydrogen (secondary N) is 3. The molecule has 2 bridgehead atoms. The zero-order valence-corrected chi connectivity index (χ0v) is 21.7. The number of benzene rings is 2. The molecule has 2 aliphatic heterocycles. The maximum Gasteiger partial charge on any atom is 0.251 e. The molecule has 2 aromatic carbocycles. The van der Waals surface area contributed by atoms with Crippen LogP contribution in [-0.4, -0.2) is 34.8 Å². The minimum absolute atomic E-state index is 0.00147. The zero-order valence-electron chi connectivity index (χ0n) is 21.7. The molecule has 3 aliphatic carbocycles. The molecule has 5 aliphatic rings. The third kappa shape index (κ3) is 3.90. The first kappa shape index (κ1) is 24.0. The molecule has 0 aromatic heterocycles. The Morgan fingerprint density at radius 3 is 2.59 bits per heavy atom. The van der Waals surface area contributed by atoms with Crippen LogP contribution in [-0.2, 0) is 4.79 Å². The molecule has 3 saturated carbocycles. The molecule has 2 aromatic rings. The van der Waals surface area contributed by atoms with Gasteiger partial charge >= 0.3 is 0 Å². The van der Waals surface area contributed by atoms with Crippen molar-refractivity contribution in [1.29, 1.82) is 5.41 Å². The third-order valence-corrected chi connectivity index (χ3v) is 9.39. The molecule has 2 heterocycles. The SMILES string of the molecule is CCC1(CC)CC(=O)N([C@@H](c2cccc(C(=O)N[C@H]3CCOc4ccccc43)c2)C23CC(C2)C3)C(=N)N1. The van der Waals surface area contributed by atoms with Crippen molar-refractivity contribution in [2.24, 2.45) is 11.3 Å². The molecule has 7 rings (SSSR count). The number of nitrogens with zero attached hydrogens (tertiary/aromatic N) is 1. The zero-order chi connectivity index (χ0) is 25.8. The summed E-state index contributed by atoms with van der Waals surface area (Å²) in [6.45, 7) is 4.71. The first-order valence-corrected chi connectivity index (χ1v) is 13.7. The summed E-state index contributed by atoms with van der Waals surface area (Å²) in [5, 5.41) is 15.5. The average Bonchev–Trinajstić information content (AvgIpc) is 2.86. The summed E-state index contributed by atoms with van der Waals surface area (Å²) in [6.07, 6.45) is 5.95. The molecule has 37 heavy (non-hydrogen) atoms. The molecule has 0 unspecified atom stereocenters. The Kier molecular flexibility index (Phi) is 5.77. The largest absolute Gasteiger partial charge is 0.493 e. The molecule has 0 radical (unpaired) electrons. The van der Waals surface area contributed by atoms with Crippen LogP contribution in [0.2, 0.25) is 0 Å².